The van der Waals surface area contributed by atoms with Crippen LogP contribution in [0.5, 0.6) is 0 Å². The number of rotatable bonds is 10. The molecule has 0 bridgehead atoms. The molecule has 0 atom stereocenters. The second-order valence-electron chi connectivity index (χ2n) is 5.44. The minimum absolute atomic E-state index is 0.0244. The molecule has 0 aliphatic carbocycles. The molecule has 0 aliphatic heterocycles. The van der Waals surface area contributed by atoms with Gasteiger partial charge in [-0.15, -0.1) is 0 Å². The van der Waals surface area contributed by atoms with Gasteiger partial charge in [0.25, 0.3) is 0 Å². The third-order valence-corrected chi connectivity index (χ3v) is 3.46. The van der Waals surface area contributed by atoms with Crippen LogP contribution in [0.3, 0.4) is 0 Å². The van der Waals surface area contributed by atoms with Crippen molar-refractivity contribution in [2.24, 2.45) is 0 Å². The van der Waals surface area contributed by atoms with Gasteiger partial charge in [0.2, 0.25) is 11.8 Å². The quantitative estimate of drug-likeness (QED) is 0.352. The van der Waals surface area contributed by atoms with Crippen LogP contribution in [0.1, 0.15) is 57.4 Å². The number of amides is 2. The van der Waals surface area contributed by atoms with E-state index in [9.17, 15) is 9.59 Å². The SMILES string of the molecule is CCCc1ccc(NC(=O)CCCCCCC(=O)NO)cc1. The molecule has 0 saturated carbocycles. The number of nitrogens with one attached hydrogen (secondary N) is 2. The fraction of sp³-hybridized carbons (Fsp3) is 0.529. The molecule has 0 fully saturated rings. The summed E-state index contributed by atoms with van der Waals surface area (Å²) in [5.41, 5.74) is 3.73. The van der Waals surface area contributed by atoms with Gasteiger partial charge in [0, 0.05) is 18.5 Å². The number of hydrogen-bond donors (Lipinski definition) is 3. The summed E-state index contributed by atoms with van der Waals surface area (Å²) in [5.74, 6) is -0.333. The van der Waals surface area contributed by atoms with E-state index in [-0.39, 0.29) is 11.8 Å². The Morgan fingerprint density at radius 1 is 0.955 bits per heavy atom. The molecule has 0 heterocycles. The number of aryl methyl sites for hydroxylation is 1. The minimum Gasteiger partial charge on any atom is -0.326 e. The number of hydrogen-bond acceptors (Lipinski definition) is 3. The molecular formula is C17H26N2O3. The van der Waals surface area contributed by atoms with Crippen LogP contribution in [-0.4, -0.2) is 17.0 Å². The highest BCUT2D eigenvalue weighted by Gasteiger charge is 2.03. The molecule has 0 unspecified atom stereocenters. The summed E-state index contributed by atoms with van der Waals surface area (Å²) < 4.78 is 0. The van der Waals surface area contributed by atoms with Gasteiger partial charge in [0.1, 0.15) is 0 Å². The zero-order chi connectivity index (χ0) is 16.2. The summed E-state index contributed by atoms with van der Waals surface area (Å²) in [6.45, 7) is 2.14. The van der Waals surface area contributed by atoms with Crippen molar-refractivity contribution >= 4 is 17.5 Å². The Morgan fingerprint density at radius 2 is 1.55 bits per heavy atom. The van der Waals surface area contributed by atoms with Gasteiger partial charge in [-0.05, 0) is 37.0 Å². The summed E-state index contributed by atoms with van der Waals surface area (Å²) in [7, 11) is 0. The van der Waals surface area contributed by atoms with E-state index in [2.05, 4.69) is 12.2 Å². The maximum absolute atomic E-state index is 11.8. The molecule has 5 heteroatoms. The monoisotopic (exact) mass is 306 g/mol. The normalized spacial score (nSPS) is 10.3. The van der Waals surface area contributed by atoms with E-state index in [0.717, 1.165) is 44.2 Å². The van der Waals surface area contributed by atoms with Crippen LogP contribution in [0.4, 0.5) is 5.69 Å². The number of hydroxylamine groups is 1. The topological polar surface area (TPSA) is 78.4 Å². The maximum atomic E-state index is 11.8. The molecule has 0 spiro atoms. The molecule has 22 heavy (non-hydrogen) atoms. The molecule has 0 saturated heterocycles. The van der Waals surface area contributed by atoms with Gasteiger partial charge in [-0.1, -0.05) is 38.3 Å². The Morgan fingerprint density at radius 3 is 2.09 bits per heavy atom. The zero-order valence-electron chi connectivity index (χ0n) is 13.2. The lowest BCUT2D eigenvalue weighted by Crippen LogP contribution is -2.17. The van der Waals surface area contributed by atoms with E-state index in [1.165, 1.54) is 5.56 Å². The Kier molecular flexibility index (Phi) is 8.91. The number of unbranched alkanes of at least 4 members (excludes halogenated alkanes) is 3. The van der Waals surface area contributed by atoms with E-state index < -0.39 is 0 Å². The van der Waals surface area contributed by atoms with Crippen molar-refractivity contribution in [3.63, 3.8) is 0 Å². The molecule has 3 N–H and O–H groups in total. The Hall–Kier alpha value is -1.88. The van der Waals surface area contributed by atoms with Crippen LogP contribution >= 0.6 is 0 Å². The van der Waals surface area contributed by atoms with Crippen LogP contribution in [0.25, 0.3) is 0 Å². The van der Waals surface area contributed by atoms with E-state index in [1.54, 1.807) is 5.48 Å². The first-order valence-electron chi connectivity index (χ1n) is 7.97. The van der Waals surface area contributed by atoms with Crippen LogP contribution < -0.4 is 10.8 Å². The van der Waals surface area contributed by atoms with Crippen LogP contribution in [0.2, 0.25) is 0 Å². The van der Waals surface area contributed by atoms with Gasteiger partial charge in [-0.2, -0.15) is 0 Å². The fourth-order valence-electron chi connectivity index (χ4n) is 2.25. The van der Waals surface area contributed by atoms with E-state index >= 15 is 0 Å². The molecule has 0 radical (unpaired) electrons. The maximum Gasteiger partial charge on any atom is 0.243 e. The summed E-state index contributed by atoms with van der Waals surface area (Å²) in [4.78, 5) is 22.6. The summed E-state index contributed by atoms with van der Waals surface area (Å²) in [6, 6.07) is 7.98. The predicted molar refractivity (Wildman–Crippen MR) is 86.7 cm³/mol. The van der Waals surface area contributed by atoms with Gasteiger partial charge >= 0.3 is 0 Å². The molecule has 5 nitrogen and oxygen atoms in total. The molecular weight excluding hydrogens is 280 g/mol. The first-order chi connectivity index (χ1) is 10.7. The smallest absolute Gasteiger partial charge is 0.243 e. The van der Waals surface area contributed by atoms with E-state index in [4.69, 9.17) is 5.21 Å². The third kappa shape index (κ3) is 7.78. The molecule has 0 aromatic heterocycles. The lowest BCUT2D eigenvalue weighted by Gasteiger charge is -2.06. The molecule has 0 aliphatic rings. The van der Waals surface area contributed by atoms with Crippen molar-refractivity contribution < 1.29 is 14.8 Å². The zero-order valence-corrected chi connectivity index (χ0v) is 13.2. The summed E-state index contributed by atoms with van der Waals surface area (Å²) in [5, 5.41) is 11.2. The Bertz CT molecular complexity index is 457. The first-order valence-corrected chi connectivity index (χ1v) is 7.97. The third-order valence-electron chi connectivity index (χ3n) is 3.46. The van der Waals surface area contributed by atoms with Crippen molar-refractivity contribution in [3.8, 4) is 0 Å². The molecule has 1 aromatic rings. The van der Waals surface area contributed by atoms with Crippen molar-refractivity contribution in [1.29, 1.82) is 0 Å². The predicted octanol–water partition coefficient (Wildman–Crippen LogP) is 3.42. The number of benzene rings is 1. The second-order valence-corrected chi connectivity index (χ2v) is 5.44. The molecule has 1 aromatic carbocycles. The van der Waals surface area contributed by atoms with Crippen molar-refractivity contribution in [2.45, 2.75) is 58.3 Å². The fourth-order valence-corrected chi connectivity index (χ4v) is 2.25. The number of carbonyl (C=O) groups excluding carboxylic acids is 2. The van der Waals surface area contributed by atoms with Gasteiger partial charge < -0.3 is 5.32 Å². The Balaban J connectivity index is 2.14. The second kappa shape index (κ2) is 10.8. The van der Waals surface area contributed by atoms with E-state index in [0.29, 0.717) is 12.8 Å². The summed E-state index contributed by atoms with van der Waals surface area (Å²) in [6.07, 6.45) is 6.31. The van der Waals surface area contributed by atoms with Crippen molar-refractivity contribution in [1.82, 2.24) is 5.48 Å². The van der Waals surface area contributed by atoms with Crippen LogP contribution in [-0.2, 0) is 16.0 Å². The average molecular weight is 306 g/mol. The highest BCUT2D eigenvalue weighted by molar-refractivity contribution is 5.90. The summed E-state index contributed by atoms with van der Waals surface area (Å²) >= 11 is 0. The molecule has 1 rings (SSSR count). The van der Waals surface area contributed by atoms with Gasteiger partial charge in [0.15, 0.2) is 0 Å². The Labute approximate surface area is 132 Å². The lowest BCUT2D eigenvalue weighted by atomic mass is 10.1. The van der Waals surface area contributed by atoms with Gasteiger partial charge in [-0.25, -0.2) is 5.48 Å². The number of anilines is 1. The average Bonchev–Trinajstić information content (AvgIpc) is 2.52. The number of carbonyl (C=O) groups is 2. The van der Waals surface area contributed by atoms with Crippen LogP contribution in [0.15, 0.2) is 24.3 Å². The first kappa shape index (κ1) is 18.2. The van der Waals surface area contributed by atoms with Crippen LogP contribution in [0, 0.1) is 0 Å². The highest BCUT2D eigenvalue weighted by atomic mass is 16.5. The highest BCUT2D eigenvalue weighted by Crippen LogP contribution is 2.12. The van der Waals surface area contributed by atoms with Crippen molar-refractivity contribution in [3.05, 3.63) is 29.8 Å². The van der Waals surface area contributed by atoms with Gasteiger partial charge in [-0.3, -0.25) is 14.8 Å². The molecule has 2 amide bonds. The van der Waals surface area contributed by atoms with Gasteiger partial charge in [0.05, 0.1) is 0 Å². The molecule has 122 valence electrons. The van der Waals surface area contributed by atoms with Crippen molar-refractivity contribution in [2.75, 3.05) is 5.32 Å². The lowest BCUT2D eigenvalue weighted by molar-refractivity contribution is -0.129. The minimum atomic E-state index is -0.357. The van der Waals surface area contributed by atoms with E-state index in [1.807, 2.05) is 24.3 Å². The largest absolute Gasteiger partial charge is 0.326 e. The standard InChI is InChI=1S/C17H26N2O3/c1-2-7-14-10-12-15(13-11-14)18-16(20)8-5-3-4-6-9-17(21)19-22/h10-13,22H,2-9H2,1H3,(H,18,20)(H,19,21).